The number of nitrogens with one attached hydrogen (secondary N) is 1. The summed E-state index contributed by atoms with van der Waals surface area (Å²) in [6.07, 6.45) is 5.08. The molecule has 0 aromatic rings. The maximum absolute atomic E-state index is 11.7. The number of carbonyl (C=O) groups is 1. The smallest absolute Gasteiger partial charge is 0.223 e. The van der Waals surface area contributed by atoms with E-state index < -0.39 is 0 Å². The fourth-order valence-electron chi connectivity index (χ4n) is 2.99. The lowest BCUT2D eigenvalue weighted by molar-refractivity contribution is -0.125. The molecule has 0 saturated heterocycles. The Labute approximate surface area is 85.4 Å². The molecule has 0 radical (unpaired) electrons. The Morgan fingerprint density at radius 2 is 1.86 bits per heavy atom. The van der Waals surface area contributed by atoms with Crippen LogP contribution < -0.4 is 5.32 Å². The summed E-state index contributed by atoms with van der Waals surface area (Å²) in [5.41, 5.74) is 0. The van der Waals surface area contributed by atoms with Crippen molar-refractivity contribution in [2.75, 3.05) is 6.54 Å². The molecule has 0 aromatic carbocycles. The van der Waals surface area contributed by atoms with Crippen molar-refractivity contribution in [3.63, 3.8) is 0 Å². The van der Waals surface area contributed by atoms with Crippen LogP contribution in [0.2, 0.25) is 0 Å². The van der Waals surface area contributed by atoms with Crippen molar-refractivity contribution in [3.8, 4) is 0 Å². The molecule has 4 atom stereocenters. The standard InChI is InChI=1S/C12H19NO/c1-7-2-11(7)6-13-12(14)10-4-8-3-9(8)5-10/h7-11H,2-6H2,1H3,(H,13,14). The zero-order valence-electron chi connectivity index (χ0n) is 8.83. The molecule has 3 saturated carbocycles. The van der Waals surface area contributed by atoms with E-state index in [1.54, 1.807) is 0 Å². The monoisotopic (exact) mass is 193 g/mol. The molecule has 1 amide bonds. The zero-order valence-corrected chi connectivity index (χ0v) is 8.83. The van der Waals surface area contributed by atoms with Gasteiger partial charge in [0.1, 0.15) is 0 Å². The molecule has 0 bridgehead atoms. The number of rotatable bonds is 3. The first kappa shape index (κ1) is 8.75. The van der Waals surface area contributed by atoms with E-state index in [-0.39, 0.29) is 0 Å². The van der Waals surface area contributed by atoms with E-state index in [4.69, 9.17) is 0 Å². The molecule has 0 aliphatic heterocycles. The van der Waals surface area contributed by atoms with Crippen LogP contribution in [0.4, 0.5) is 0 Å². The van der Waals surface area contributed by atoms with Gasteiger partial charge in [0, 0.05) is 12.5 Å². The first-order valence-corrected chi connectivity index (χ1v) is 6.01. The molecular formula is C12H19NO. The van der Waals surface area contributed by atoms with E-state index in [0.717, 1.165) is 30.2 Å². The predicted octanol–water partition coefficient (Wildman–Crippen LogP) is 1.80. The van der Waals surface area contributed by atoms with Gasteiger partial charge in [0.05, 0.1) is 0 Å². The Bertz CT molecular complexity index is 253. The Morgan fingerprint density at radius 3 is 2.43 bits per heavy atom. The molecule has 4 unspecified atom stereocenters. The van der Waals surface area contributed by atoms with Crippen LogP contribution in [0, 0.1) is 29.6 Å². The Kier molecular flexibility index (Phi) is 1.86. The van der Waals surface area contributed by atoms with E-state index in [2.05, 4.69) is 12.2 Å². The van der Waals surface area contributed by atoms with Crippen LogP contribution >= 0.6 is 0 Å². The van der Waals surface area contributed by atoms with Crippen molar-refractivity contribution in [1.82, 2.24) is 5.32 Å². The summed E-state index contributed by atoms with van der Waals surface area (Å²) >= 11 is 0. The van der Waals surface area contributed by atoms with Crippen molar-refractivity contribution in [2.24, 2.45) is 29.6 Å². The minimum atomic E-state index is 0.344. The van der Waals surface area contributed by atoms with E-state index >= 15 is 0 Å². The van der Waals surface area contributed by atoms with Gasteiger partial charge in [-0.3, -0.25) is 4.79 Å². The van der Waals surface area contributed by atoms with Crippen molar-refractivity contribution in [2.45, 2.75) is 32.6 Å². The maximum atomic E-state index is 11.7. The lowest BCUT2D eigenvalue weighted by atomic mass is 10.0. The molecule has 78 valence electrons. The van der Waals surface area contributed by atoms with Gasteiger partial charge in [0.15, 0.2) is 0 Å². The third-order valence-electron chi connectivity index (χ3n) is 4.43. The Morgan fingerprint density at radius 1 is 1.21 bits per heavy atom. The van der Waals surface area contributed by atoms with Gasteiger partial charge >= 0.3 is 0 Å². The van der Waals surface area contributed by atoms with Gasteiger partial charge in [-0.1, -0.05) is 6.92 Å². The molecule has 0 heterocycles. The summed E-state index contributed by atoms with van der Waals surface area (Å²) in [5, 5.41) is 3.12. The van der Waals surface area contributed by atoms with E-state index in [0.29, 0.717) is 11.8 Å². The van der Waals surface area contributed by atoms with Crippen molar-refractivity contribution in [1.29, 1.82) is 0 Å². The highest BCUT2D eigenvalue weighted by atomic mass is 16.1. The van der Waals surface area contributed by atoms with Crippen LogP contribution in [0.5, 0.6) is 0 Å². The number of carbonyl (C=O) groups excluding carboxylic acids is 1. The third-order valence-corrected chi connectivity index (χ3v) is 4.43. The summed E-state index contributed by atoms with van der Waals surface area (Å²) in [6, 6.07) is 0. The van der Waals surface area contributed by atoms with E-state index in [9.17, 15) is 4.79 Å². The molecule has 0 spiro atoms. The van der Waals surface area contributed by atoms with Crippen molar-refractivity contribution >= 4 is 5.91 Å². The highest BCUT2D eigenvalue weighted by molar-refractivity contribution is 5.79. The van der Waals surface area contributed by atoms with Crippen LogP contribution in [-0.2, 0) is 4.79 Å². The normalized spacial score (nSPS) is 48.5. The van der Waals surface area contributed by atoms with Gasteiger partial charge in [-0.25, -0.2) is 0 Å². The van der Waals surface area contributed by atoms with Crippen molar-refractivity contribution < 1.29 is 4.79 Å². The second-order valence-electron chi connectivity index (χ2n) is 5.64. The van der Waals surface area contributed by atoms with E-state index in [1.165, 1.54) is 25.7 Å². The van der Waals surface area contributed by atoms with Crippen molar-refractivity contribution in [3.05, 3.63) is 0 Å². The predicted molar refractivity (Wildman–Crippen MR) is 54.6 cm³/mol. The first-order chi connectivity index (χ1) is 6.74. The fourth-order valence-corrected chi connectivity index (χ4v) is 2.99. The summed E-state index contributed by atoms with van der Waals surface area (Å²) in [6.45, 7) is 3.20. The van der Waals surface area contributed by atoms with Crippen LogP contribution in [0.15, 0.2) is 0 Å². The largest absolute Gasteiger partial charge is 0.356 e. The average Bonchev–Trinajstić information content (AvgIpc) is 3.04. The second kappa shape index (κ2) is 2.98. The van der Waals surface area contributed by atoms with Gasteiger partial charge in [0.2, 0.25) is 5.91 Å². The van der Waals surface area contributed by atoms with Gasteiger partial charge in [0.25, 0.3) is 0 Å². The molecule has 3 aliphatic carbocycles. The molecule has 2 heteroatoms. The molecule has 14 heavy (non-hydrogen) atoms. The average molecular weight is 193 g/mol. The molecule has 3 fully saturated rings. The van der Waals surface area contributed by atoms with Crippen LogP contribution in [0.1, 0.15) is 32.6 Å². The number of fused-ring (bicyclic) bond motifs is 1. The zero-order chi connectivity index (χ0) is 9.71. The Balaban J connectivity index is 1.42. The number of hydrogen-bond acceptors (Lipinski definition) is 1. The summed E-state index contributed by atoms with van der Waals surface area (Å²) < 4.78 is 0. The van der Waals surface area contributed by atoms with Gasteiger partial charge in [-0.2, -0.15) is 0 Å². The molecule has 2 nitrogen and oxygen atoms in total. The highest BCUT2D eigenvalue weighted by Crippen LogP contribution is 2.54. The molecule has 1 N–H and O–H groups in total. The minimum Gasteiger partial charge on any atom is -0.356 e. The highest BCUT2D eigenvalue weighted by Gasteiger charge is 2.48. The van der Waals surface area contributed by atoms with Crippen LogP contribution in [0.25, 0.3) is 0 Å². The molecule has 0 aromatic heterocycles. The third kappa shape index (κ3) is 1.55. The SMILES string of the molecule is CC1CC1CNC(=O)C1CC2CC2C1. The second-order valence-corrected chi connectivity index (χ2v) is 5.64. The lowest BCUT2D eigenvalue weighted by Gasteiger charge is -2.11. The molecular weight excluding hydrogens is 174 g/mol. The van der Waals surface area contributed by atoms with Crippen LogP contribution in [-0.4, -0.2) is 12.5 Å². The lowest BCUT2D eigenvalue weighted by Crippen LogP contribution is -2.31. The summed E-state index contributed by atoms with van der Waals surface area (Å²) in [4.78, 5) is 11.7. The topological polar surface area (TPSA) is 29.1 Å². The van der Waals surface area contributed by atoms with Crippen LogP contribution in [0.3, 0.4) is 0 Å². The molecule has 3 aliphatic rings. The van der Waals surface area contributed by atoms with Gasteiger partial charge in [-0.05, 0) is 49.4 Å². The quantitative estimate of drug-likeness (QED) is 0.727. The van der Waals surface area contributed by atoms with Gasteiger partial charge in [-0.15, -0.1) is 0 Å². The van der Waals surface area contributed by atoms with E-state index in [1.807, 2.05) is 0 Å². The molecule has 3 rings (SSSR count). The Hall–Kier alpha value is -0.530. The first-order valence-electron chi connectivity index (χ1n) is 6.01. The van der Waals surface area contributed by atoms with Gasteiger partial charge < -0.3 is 5.32 Å². The number of hydrogen-bond donors (Lipinski definition) is 1. The maximum Gasteiger partial charge on any atom is 0.223 e. The minimum absolute atomic E-state index is 0.344. The summed E-state index contributed by atoms with van der Waals surface area (Å²) in [5.74, 6) is 4.20. The summed E-state index contributed by atoms with van der Waals surface area (Å²) in [7, 11) is 0. The fraction of sp³-hybridized carbons (Fsp3) is 0.917. The number of amides is 1.